The Morgan fingerprint density at radius 1 is 0.875 bits per heavy atom. The lowest BCUT2D eigenvalue weighted by Gasteiger charge is -2.01. The van der Waals surface area contributed by atoms with E-state index in [-0.39, 0.29) is 0 Å². The molecule has 0 saturated carbocycles. The van der Waals surface area contributed by atoms with Gasteiger partial charge in [0.05, 0.1) is 5.39 Å². The molecule has 0 radical (unpaired) electrons. The molecule has 0 aliphatic carbocycles. The molecule has 3 aromatic rings. The maximum atomic E-state index is 5.21. The van der Waals surface area contributed by atoms with Crippen molar-refractivity contribution in [3.05, 3.63) is 54.6 Å². The van der Waals surface area contributed by atoms with E-state index in [9.17, 15) is 0 Å². The second-order valence-electron chi connectivity index (χ2n) is 3.52. The van der Waals surface area contributed by atoms with Gasteiger partial charge in [0.15, 0.2) is 11.4 Å². The van der Waals surface area contributed by atoms with Gasteiger partial charge < -0.3 is 9.84 Å². The third-order valence-electron chi connectivity index (χ3n) is 2.41. The fourth-order valence-electron chi connectivity index (χ4n) is 1.63. The topological polar surface area (TPSA) is 38.1 Å². The highest BCUT2D eigenvalue weighted by Crippen LogP contribution is 2.24. The minimum atomic E-state index is 0.752. The molecule has 0 saturated heterocycles. The molecule has 1 aromatic heterocycles. The van der Waals surface area contributed by atoms with E-state index in [1.165, 1.54) is 0 Å². The molecule has 0 atom stereocenters. The van der Waals surface area contributed by atoms with E-state index >= 15 is 0 Å². The van der Waals surface area contributed by atoms with Crippen LogP contribution in [0.15, 0.2) is 59.1 Å². The zero-order valence-corrected chi connectivity index (χ0v) is 8.55. The van der Waals surface area contributed by atoms with Crippen LogP contribution < -0.4 is 5.32 Å². The van der Waals surface area contributed by atoms with Crippen molar-refractivity contribution < 1.29 is 4.52 Å². The zero-order valence-electron chi connectivity index (χ0n) is 8.55. The molecule has 0 fully saturated rings. The third kappa shape index (κ3) is 1.52. The van der Waals surface area contributed by atoms with E-state index < -0.39 is 0 Å². The van der Waals surface area contributed by atoms with Gasteiger partial charge in [0.2, 0.25) is 0 Å². The number of anilines is 2. The van der Waals surface area contributed by atoms with Gasteiger partial charge >= 0.3 is 0 Å². The van der Waals surface area contributed by atoms with Gasteiger partial charge in [0, 0.05) is 5.69 Å². The average Bonchev–Trinajstić information content (AvgIpc) is 2.74. The summed E-state index contributed by atoms with van der Waals surface area (Å²) >= 11 is 0. The first-order valence-electron chi connectivity index (χ1n) is 5.10. The molecule has 0 bridgehead atoms. The molecule has 1 N–H and O–H groups in total. The zero-order chi connectivity index (χ0) is 10.8. The molecule has 3 rings (SSSR count). The lowest BCUT2D eigenvalue weighted by molar-refractivity contribution is 0.460. The standard InChI is InChI=1S/C13H10N2O/c1-2-6-10(7-3-1)14-13-11-8-4-5-9-12(11)16-15-13/h1-9H,(H,14,15). The molecule has 0 aliphatic heterocycles. The maximum Gasteiger partial charge on any atom is 0.181 e. The first kappa shape index (κ1) is 8.97. The number of nitrogens with one attached hydrogen (secondary N) is 1. The monoisotopic (exact) mass is 210 g/mol. The normalized spacial score (nSPS) is 10.5. The van der Waals surface area contributed by atoms with Crippen LogP contribution in [-0.4, -0.2) is 5.16 Å². The number of hydrogen-bond donors (Lipinski definition) is 1. The summed E-state index contributed by atoms with van der Waals surface area (Å²) in [7, 11) is 0. The van der Waals surface area contributed by atoms with Crippen molar-refractivity contribution in [3.63, 3.8) is 0 Å². The first-order chi connectivity index (χ1) is 7.93. The number of hydrogen-bond acceptors (Lipinski definition) is 3. The van der Waals surface area contributed by atoms with Crippen LogP contribution in [-0.2, 0) is 0 Å². The van der Waals surface area contributed by atoms with Crippen molar-refractivity contribution in [2.45, 2.75) is 0 Å². The molecule has 2 aromatic carbocycles. The second kappa shape index (κ2) is 3.70. The molecule has 1 heterocycles. The summed E-state index contributed by atoms with van der Waals surface area (Å²) in [6.45, 7) is 0. The van der Waals surface area contributed by atoms with Crippen molar-refractivity contribution in [2.24, 2.45) is 0 Å². The molecule has 16 heavy (non-hydrogen) atoms. The number of rotatable bonds is 2. The van der Waals surface area contributed by atoms with E-state index in [1.807, 2.05) is 54.6 Å². The highest BCUT2D eigenvalue weighted by Gasteiger charge is 2.06. The summed E-state index contributed by atoms with van der Waals surface area (Å²) in [6, 6.07) is 17.7. The SMILES string of the molecule is c1ccc(Nc2noc3ccccc23)cc1. The molecule has 78 valence electrons. The summed E-state index contributed by atoms with van der Waals surface area (Å²) < 4.78 is 5.21. The predicted octanol–water partition coefficient (Wildman–Crippen LogP) is 3.57. The molecule has 0 unspecified atom stereocenters. The van der Waals surface area contributed by atoms with Gasteiger partial charge in [-0.1, -0.05) is 35.5 Å². The Morgan fingerprint density at radius 3 is 2.50 bits per heavy atom. The van der Waals surface area contributed by atoms with E-state index in [2.05, 4.69) is 10.5 Å². The van der Waals surface area contributed by atoms with Gasteiger partial charge in [-0.05, 0) is 24.3 Å². The maximum absolute atomic E-state index is 5.21. The lowest BCUT2D eigenvalue weighted by Crippen LogP contribution is -1.89. The van der Waals surface area contributed by atoms with Crippen molar-refractivity contribution in [2.75, 3.05) is 5.32 Å². The highest BCUT2D eigenvalue weighted by molar-refractivity contribution is 5.89. The van der Waals surface area contributed by atoms with Gasteiger partial charge in [0.1, 0.15) is 0 Å². The van der Waals surface area contributed by atoms with Crippen LogP contribution in [0.3, 0.4) is 0 Å². The van der Waals surface area contributed by atoms with Gasteiger partial charge in [0.25, 0.3) is 0 Å². The molecular weight excluding hydrogens is 200 g/mol. The minimum absolute atomic E-state index is 0.752. The quantitative estimate of drug-likeness (QED) is 0.702. The Balaban J connectivity index is 2.01. The van der Waals surface area contributed by atoms with Crippen LogP contribution in [0.1, 0.15) is 0 Å². The third-order valence-corrected chi connectivity index (χ3v) is 2.41. The average molecular weight is 210 g/mol. The second-order valence-corrected chi connectivity index (χ2v) is 3.52. The lowest BCUT2D eigenvalue weighted by atomic mass is 10.2. The fraction of sp³-hybridized carbons (Fsp3) is 0. The number of nitrogens with zero attached hydrogens (tertiary/aromatic N) is 1. The molecule has 3 heteroatoms. The molecular formula is C13H10N2O. The molecule has 0 amide bonds. The summed E-state index contributed by atoms with van der Waals surface area (Å²) in [4.78, 5) is 0. The Kier molecular flexibility index (Phi) is 2.07. The van der Waals surface area contributed by atoms with Crippen LogP contribution in [0, 0.1) is 0 Å². The summed E-state index contributed by atoms with van der Waals surface area (Å²) in [5.74, 6) is 0.752. The van der Waals surface area contributed by atoms with E-state index in [1.54, 1.807) is 0 Å². The number of fused-ring (bicyclic) bond motifs is 1. The summed E-state index contributed by atoms with van der Waals surface area (Å²) in [5, 5.41) is 8.22. The van der Waals surface area contributed by atoms with E-state index in [0.717, 1.165) is 22.5 Å². The Morgan fingerprint density at radius 2 is 1.62 bits per heavy atom. The van der Waals surface area contributed by atoms with Crippen molar-refractivity contribution >= 4 is 22.5 Å². The predicted molar refractivity (Wildman–Crippen MR) is 63.7 cm³/mol. The van der Waals surface area contributed by atoms with Crippen LogP contribution >= 0.6 is 0 Å². The smallest absolute Gasteiger partial charge is 0.181 e. The van der Waals surface area contributed by atoms with Crippen LogP contribution in [0.25, 0.3) is 11.0 Å². The molecule has 0 spiro atoms. The Labute approximate surface area is 92.7 Å². The molecule has 0 aliphatic rings. The van der Waals surface area contributed by atoms with E-state index in [4.69, 9.17) is 4.52 Å². The highest BCUT2D eigenvalue weighted by atomic mass is 16.5. The van der Waals surface area contributed by atoms with Gasteiger partial charge in [-0.3, -0.25) is 0 Å². The van der Waals surface area contributed by atoms with Crippen LogP contribution in [0.5, 0.6) is 0 Å². The fourth-order valence-corrected chi connectivity index (χ4v) is 1.63. The largest absolute Gasteiger partial charge is 0.354 e. The number of para-hydroxylation sites is 2. The Hall–Kier alpha value is -2.29. The van der Waals surface area contributed by atoms with Gasteiger partial charge in [-0.25, -0.2) is 0 Å². The van der Waals surface area contributed by atoms with E-state index in [0.29, 0.717) is 0 Å². The van der Waals surface area contributed by atoms with Crippen molar-refractivity contribution in [1.29, 1.82) is 0 Å². The van der Waals surface area contributed by atoms with Gasteiger partial charge in [-0.15, -0.1) is 0 Å². The number of benzene rings is 2. The van der Waals surface area contributed by atoms with Crippen molar-refractivity contribution in [1.82, 2.24) is 5.16 Å². The Bertz CT molecular complexity index is 601. The summed E-state index contributed by atoms with van der Waals surface area (Å²) in [5.41, 5.74) is 1.79. The minimum Gasteiger partial charge on any atom is -0.354 e. The molecule has 3 nitrogen and oxygen atoms in total. The van der Waals surface area contributed by atoms with Crippen LogP contribution in [0.4, 0.5) is 11.5 Å². The summed E-state index contributed by atoms with van der Waals surface area (Å²) in [6.07, 6.45) is 0. The van der Waals surface area contributed by atoms with Crippen LogP contribution in [0.2, 0.25) is 0 Å². The number of aromatic nitrogens is 1. The van der Waals surface area contributed by atoms with Crippen molar-refractivity contribution in [3.8, 4) is 0 Å². The first-order valence-corrected chi connectivity index (χ1v) is 5.10. The van der Waals surface area contributed by atoms with Gasteiger partial charge in [-0.2, -0.15) is 0 Å².